The van der Waals surface area contributed by atoms with E-state index >= 15 is 0 Å². The highest BCUT2D eigenvalue weighted by atomic mass is 16.5. The average Bonchev–Trinajstić information content (AvgIpc) is 2.68. The van der Waals surface area contributed by atoms with Gasteiger partial charge in [-0.3, -0.25) is 4.79 Å². The average molecular weight is 379 g/mol. The molecule has 0 saturated carbocycles. The summed E-state index contributed by atoms with van der Waals surface area (Å²) >= 11 is 0. The van der Waals surface area contributed by atoms with Crippen LogP contribution in [-0.4, -0.2) is 24.5 Å². The summed E-state index contributed by atoms with van der Waals surface area (Å²) in [6, 6.07) is 14.8. The van der Waals surface area contributed by atoms with Gasteiger partial charge in [0.1, 0.15) is 0 Å². The molecule has 1 unspecified atom stereocenters. The van der Waals surface area contributed by atoms with Gasteiger partial charge in [0.15, 0.2) is 0 Å². The second-order valence-corrected chi connectivity index (χ2v) is 6.24. The van der Waals surface area contributed by atoms with Crippen LogP contribution in [0.25, 0.3) is 0 Å². The number of nitrogens with one attached hydrogen (secondary N) is 3. The highest BCUT2D eigenvalue weighted by molar-refractivity contribution is 6.04. The summed E-state index contributed by atoms with van der Waals surface area (Å²) in [5, 5.41) is 8.17. The van der Waals surface area contributed by atoms with E-state index in [2.05, 4.69) is 16.0 Å². The Balaban J connectivity index is 1.89. The van der Waals surface area contributed by atoms with Crippen LogP contribution in [0, 0.1) is 0 Å². The SMILES string of the molecule is CCOC(=O)C1=C(C)NC(=O)NC1c1cccc(NC(=O)c2ccccc2)c1. The molecule has 0 bridgehead atoms. The number of hydrogen-bond donors (Lipinski definition) is 3. The van der Waals surface area contributed by atoms with Crippen LogP contribution in [0.2, 0.25) is 0 Å². The van der Waals surface area contributed by atoms with E-state index in [0.717, 1.165) is 0 Å². The number of carbonyl (C=O) groups is 3. The normalized spacial score (nSPS) is 16.1. The molecule has 0 fully saturated rings. The molecular formula is C21H21N3O4. The van der Waals surface area contributed by atoms with Crippen LogP contribution in [0.1, 0.15) is 35.8 Å². The third kappa shape index (κ3) is 4.20. The van der Waals surface area contributed by atoms with Gasteiger partial charge in [0, 0.05) is 16.9 Å². The van der Waals surface area contributed by atoms with E-state index in [-0.39, 0.29) is 12.5 Å². The number of ether oxygens (including phenoxy) is 1. The molecule has 1 aliphatic heterocycles. The van der Waals surface area contributed by atoms with Crippen LogP contribution < -0.4 is 16.0 Å². The minimum Gasteiger partial charge on any atom is -0.463 e. The van der Waals surface area contributed by atoms with E-state index in [1.807, 2.05) is 6.07 Å². The lowest BCUT2D eigenvalue weighted by Crippen LogP contribution is -2.45. The summed E-state index contributed by atoms with van der Waals surface area (Å²) < 4.78 is 5.13. The molecule has 0 spiro atoms. The first-order valence-electron chi connectivity index (χ1n) is 8.91. The van der Waals surface area contributed by atoms with E-state index in [1.54, 1.807) is 62.4 Å². The number of allylic oxidation sites excluding steroid dienone is 1. The third-order valence-corrected chi connectivity index (χ3v) is 4.28. The highest BCUT2D eigenvalue weighted by Crippen LogP contribution is 2.29. The van der Waals surface area contributed by atoms with Gasteiger partial charge in [0.25, 0.3) is 5.91 Å². The van der Waals surface area contributed by atoms with Crippen LogP contribution in [0.4, 0.5) is 10.5 Å². The van der Waals surface area contributed by atoms with Gasteiger partial charge < -0.3 is 20.7 Å². The smallest absolute Gasteiger partial charge is 0.338 e. The Morgan fingerprint density at radius 2 is 1.86 bits per heavy atom. The summed E-state index contributed by atoms with van der Waals surface area (Å²) in [6.07, 6.45) is 0. The molecule has 0 saturated heterocycles. The van der Waals surface area contributed by atoms with Crippen molar-refractivity contribution in [2.45, 2.75) is 19.9 Å². The van der Waals surface area contributed by atoms with E-state index in [0.29, 0.717) is 28.1 Å². The van der Waals surface area contributed by atoms with Crippen molar-refractivity contribution >= 4 is 23.6 Å². The van der Waals surface area contributed by atoms with Crippen molar-refractivity contribution in [2.24, 2.45) is 0 Å². The molecule has 3 N–H and O–H groups in total. The molecule has 28 heavy (non-hydrogen) atoms. The van der Waals surface area contributed by atoms with E-state index in [1.165, 1.54) is 0 Å². The summed E-state index contributed by atoms with van der Waals surface area (Å²) in [4.78, 5) is 36.7. The second kappa shape index (κ2) is 8.39. The zero-order valence-electron chi connectivity index (χ0n) is 15.6. The monoisotopic (exact) mass is 379 g/mol. The fourth-order valence-corrected chi connectivity index (χ4v) is 3.01. The van der Waals surface area contributed by atoms with Crippen LogP contribution in [0.15, 0.2) is 65.9 Å². The first-order chi connectivity index (χ1) is 13.5. The summed E-state index contributed by atoms with van der Waals surface area (Å²) in [7, 11) is 0. The molecule has 0 aliphatic carbocycles. The quantitative estimate of drug-likeness (QED) is 0.696. The van der Waals surface area contributed by atoms with Crippen molar-refractivity contribution in [3.05, 3.63) is 77.0 Å². The van der Waals surface area contributed by atoms with E-state index < -0.39 is 18.0 Å². The predicted molar refractivity (Wildman–Crippen MR) is 105 cm³/mol. The summed E-state index contributed by atoms with van der Waals surface area (Å²) in [6.45, 7) is 3.60. The largest absolute Gasteiger partial charge is 0.463 e. The Morgan fingerprint density at radius 3 is 2.57 bits per heavy atom. The van der Waals surface area contributed by atoms with E-state index in [9.17, 15) is 14.4 Å². The van der Waals surface area contributed by atoms with Crippen LogP contribution in [0.5, 0.6) is 0 Å². The molecule has 3 amide bonds. The minimum atomic E-state index is -0.679. The van der Waals surface area contributed by atoms with Crippen LogP contribution in [-0.2, 0) is 9.53 Å². The molecule has 1 atom stereocenters. The van der Waals surface area contributed by atoms with Crippen molar-refractivity contribution in [1.82, 2.24) is 10.6 Å². The number of carbonyl (C=O) groups excluding carboxylic acids is 3. The molecule has 2 aromatic carbocycles. The standard InChI is InChI=1S/C21H21N3O4/c1-3-28-20(26)17-13(2)22-21(27)24-18(17)15-10-7-11-16(12-15)23-19(25)14-8-5-4-6-9-14/h4-12,18H,3H2,1-2H3,(H,23,25)(H2,22,24,27). The molecule has 144 valence electrons. The van der Waals surface area contributed by atoms with Gasteiger partial charge in [-0.2, -0.15) is 0 Å². The van der Waals surface area contributed by atoms with Gasteiger partial charge in [0.05, 0.1) is 18.2 Å². The maximum Gasteiger partial charge on any atom is 0.338 e. The number of amides is 3. The highest BCUT2D eigenvalue weighted by Gasteiger charge is 2.32. The van der Waals surface area contributed by atoms with Gasteiger partial charge in [-0.05, 0) is 43.7 Å². The molecule has 1 aliphatic rings. The first kappa shape index (κ1) is 19.2. The Labute approximate surface area is 162 Å². The topological polar surface area (TPSA) is 96.5 Å². The molecule has 3 rings (SSSR count). The van der Waals surface area contributed by atoms with Crippen LogP contribution in [0.3, 0.4) is 0 Å². The number of benzene rings is 2. The fraction of sp³-hybridized carbons (Fsp3) is 0.190. The Hall–Kier alpha value is -3.61. The van der Waals surface area contributed by atoms with Gasteiger partial charge in [-0.15, -0.1) is 0 Å². The summed E-state index contributed by atoms with van der Waals surface area (Å²) in [5.74, 6) is -0.749. The Morgan fingerprint density at radius 1 is 1.11 bits per heavy atom. The van der Waals surface area contributed by atoms with Gasteiger partial charge in [0.2, 0.25) is 0 Å². The lowest BCUT2D eigenvalue weighted by atomic mass is 9.95. The minimum absolute atomic E-state index is 0.226. The van der Waals surface area contributed by atoms with Crippen molar-refractivity contribution in [2.75, 3.05) is 11.9 Å². The number of hydrogen-bond acceptors (Lipinski definition) is 4. The molecule has 2 aromatic rings. The molecule has 7 nitrogen and oxygen atoms in total. The van der Waals surface area contributed by atoms with Crippen molar-refractivity contribution in [3.8, 4) is 0 Å². The Bertz CT molecular complexity index is 938. The maximum absolute atomic E-state index is 12.4. The zero-order chi connectivity index (χ0) is 20.1. The summed E-state index contributed by atoms with van der Waals surface area (Å²) in [5.41, 5.74) is 2.51. The molecular weight excluding hydrogens is 358 g/mol. The fourth-order valence-electron chi connectivity index (χ4n) is 3.01. The number of urea groups is 1. The second-order valence-electron chi connectivity index (χ2n) is 6.24. The van der Waals surface area contributed by atoms with Gasteiger partial charge in [-0.25, -0.2) is 9.59 Å². The predicted octanol–water partition coefficient (Wildman–Crippen LogP) is 3.13. The molecule has 0 aromatic heterocycles. The number of rotatable bonds is 5. The van der Waals surface area contributed by atoms with Crippen molar-refractivity contribution < 1.29 is 19.1 Å². The zero-order valence-corrected chi connectivity index (χ0v) is 15.6. The van der Waals surface area contributed by atoms with Gasteiger partial charge >= 0.3 is 12.0 Å². The Kier molecular flexibility index (Phi) is 5.74. The lowest BCUT2D eigenvalue weighted by molar-refractivity contribution is -0.139. The molecule has 1 heterocycles. The molecule has 0 radical (unpaired) electrons. The molecule has 7 heteroatoms. The van der Waals surface area contributed by atoms with E-state index in [4.69, 9.17) is 4.74 Å². The lowest BCUT2D eigenvalue weighted by Gasteiger charge is -2.28. The maximum atomic E-state index is 12.4. The first-order valence-corrected chi connectivity index (χ1v) is 8.91. The third-order valence-electron chi connectivity index (χ3n) is 4.28. The van der Waals surface area contributed by atoms with Gasteiger partial charge in [-0.1, -0.05) is 30.3 Å². The van der Waals surface area contributed by atoms with Crippen LogP contribution >= 0.6 is 0 Å². The number of esters is 1. The number of anilines is 1. The van der Waals surface area contributed by atoms with Crippen molar-refractivity contribution in [3.63, 3.8) is 0 Å². The van der Waals surface area contributed by atoms with Crippen molar-refractivity contribution in [1.29, 1.82) is 0 Å².